The van der Waals surface area contributed by atoms with E-state index in [2.05, 4.69) is 20.8 Å². The number of carbonyl (C=O) groups excluding carboxylic acids is 2. The third kappa shape index (κ3) is 2.07. The summed E-state index contributed by atoms with van der Waals surface area (Å²) >= 11 is 0. The maximum Gasteiger partial charge on any atom is 0.155 e. The molecule has 0 heterocycles. The first-order chi connectivity index (χ1) is 11.3. The van der Waals surface area contributed by atoms with E-state index >= 15 is 0 Å². The summed E-state index contributed by atoms with van der Waals surface area (Å²) in [5.74, 6) is 4.10. The zero-order valence-corrected chi connectivity index (χ0v) is 15.7. The van der Waals surface area contributed by atoms with Crippen LogP contribution in [0.15, 0.2) is 11.6 Å². The topological polar surface area (TPSA) is 34.1 Å². The summed E-state index contributed by atoms with van der Waals surface area (Å²) in [6, 6.07) is 0. The Morgan fingerprint density at radius 2 is 1.79 bits per heavy atom. The van der Waals surface area contributed by atoms with Gasteiger partial charge in [0.15, 0.2) is 5.78 Å². The third-order valence-electron chi connectivity index (χ3n) is 8.83. The second-order valence-corrected chi connectivity index (χ2v) is 9.75. The molecule has 0 N–H and O–H groups in total. The first kappa shape index (κ1) is 16.5. The molecule has 4 rings (SSSR count). The van der Waals surface area contributed by atoms with Crippen molar-refractivity contribution in [3.05, 3.63) is 11.6 Å². The number of ketones is 2. The van der Waals surface area contributed by atoms with Crippen LogP contribution in [-0.2, 0) is 9.59 Å². The molecule has 24 heavy (non-hydrogen) atoms. The van der Waals surface area contributed by atoms with Gasteiger partial charge in [0.05, 0.1) is 0 Å². The average molecular weight is 328 g/mol. The molecule has 4 aliphatic rings. The number of allylic oxidation sites excluding steroid dienone is 1. The van der Waals surface area contributed by atoms with Gasteiger partial charge in [0, 0.05) is 11.8 Å². The van der Waals surface area contributed by atoms with Gasteiger partial charge in [-0.15, -0.1) is 0 Å². The summed E-state index contributed by atoms with van der Waals surface area (Å²) in [6.45, 7) is 8.82. The maximum absolute atomic E-state index is 12.3. The van der Waals surface area contributed by atoms with Gasteiger partial charge in [-0.05, 0) is 86.5 Å². The van der Waals surface area contributed by atoms with E-state index < -0.39 is 0 Å². The van der Waals surface area contributed by atoms with Crippen molar-refractivity contribution in [3.63, 3.8) is 0 Å². The van der Waals surface area contributed by atoms with Gasteiger partial charge in [0.2, 0.25) is 0 Å². The van der Waals surface area contributed by atoms with E-state index in [0.717, 1.165) is 37.0 Å². The molecule has 2 nitrogen and oxygen atoms in total. The van der Waals surface area contributed by atoms with Gasteiger partial charge < -0.3 is 0 Å². The molecule has 4 aliphatic carbocycles. The summed E-state index contributed by atoms with van der Waals surface area (Å²) < 4.78 is 0. The van der Waals surface area contributed by atoms with E-state index in [1.54, 1.807) is 0 Å². The monoisotopic (exact) mass is 328 g/mol. The number of Topliss-reactive ketones (excluding diaryl/α,β-unsaturated/α-hetero) is 1. The van der Waals surface area contributed by atoms with Crippen LogP contribution in [0.4, 0.5) is 0 Å². The minimum Gasteiger partial charge on any atom is -0.299 e. The molecule has 0 aromatic carbocycles. The van der Waals surface area contributed by atoms with Crippen molar-refractivity contribution in [1.29, 1.82) is 0 Å². The van der Waals surface area contributed by atoms with E-state index in [9.17, 15) is 9.59 Å². The molecule has 0 aromatic heterocycles. The van der Waals surface area contributed by atoms with Gasteiger partial charge in [-0.25, -0.2) is 0 Å². The van der Waals surface area contributed by atoms with Crippen LogP contribution in [0.3, 0.4) is 0 Å². The summed E-state index contributed by atoms with van der Waals surface area (Å²) in [4.78, 5) is 24.3. The second kappa shape index (κ2) is 5.29. The highest BCUT2D eigenvalue weighted by molar-refractivity contribution is 5.91. The fourth-order valence-electron chi connectivity index (χ4n) is 7.39. The van der Waals surface area contributed by atoms with Crippen LogP contribution in [0.5, 0.6) is 0 Å². The Bertz CT molecular complexity index is 617. The van der Waals surface area contributed by atoms with Gasteiger partial charge in [0.25, 0.3) is 0 Å². The lowest BCUT2D eigenvalue weighted by atomic mass is 9.47. The zero-order valence-electron chi connectivity index (χ0n) is 15.7. The molecule has 0 aliphatic heterocycles. The Kier molecular flexibility index (Phi) is 3.64. The van der Waals surface area contributed by atoms with Crippen molar-refractivity contribution in [2.75, 3.05) is 0 Å². The number of hydrogen-bond donors (Lipinski definition) is 0. The summed E-state index contributed by atoms with van der Waals surface area (Å²) in [7, 11) is 0. The van der Waals surface area contributed by atoms with E-state index in [0.29, 0.717) is 23.4 Å². The highest BCUT2D eigenvalue weighted by Crippen LogP contribution is 2.65. The standard InChI is InChI=1S/C22H32O2/c1-13-11-17-16-8-10-21(3,14(2)23)18(16)5-6-19(17)22(4)9-7-15(24)12-20(13)22/h12-13,16-19H,5-11H2,1-4H3/t13-,16-,17-,18?,19-,21+,22+/m0/s1. The fraction of sp³-hybridized carbons (Fsp3) is 0.818. The van der Waals surface area contributed by atoms with Gasteiger partial charge in [-0.3, -0.25) is 9.59 Å². The van der Waals surface area contributed by atoms with Gasteiger partial charge in [-0.1, -0.05) is 26.3 Å². The SMILES string of the molecule is CC(=O)[C@@]1(C)CC[C@@H]2C1CC[C@H]1[C@H]2C[C@H](C)C2=CC(=O)CC[C@@]21C. The minimum atomic E-state index is -0.0710. The highest BCUT2D eigenvalue weighted by atomic mass is 16.1. The van der Waals surface area contributed by atoms with E-state index in [1.165, 1.54) is 31.3 Å². The third-order valence-corrected chi connectivity index (χ3v) is 8.83. The Hall–Kier alpha value is -0.920. The predicted molar refractivity (Wildman–Crippen MR) is 95.4 cm³/mol. The molecule has 0 amide bonds. The first-order valence-electron chi connectivity index (χ1n) is 10.0. The van der Waals surface area contributed by atoms with Crippen molar-refractivity contribution >= 4 is 11.6 Å². The number of carbonyl (C=O) groups is 2. The Balaban J connectivity index is 1.69. The number of hydrogen-bond acceptors (Lipinski definition) is 2. The van der Waals surface area contributed by atoms with Gasteiger partial charge in [-0.2, -0.15) is 0 Å². The normalized spacial score (nSPS) is 50.6. The summed E-state index contributed by atoms with van der Waals surface area (Å²) in [5.41, 5.74) is 1.61. The van der Waals surface area contributed by atoms with E-state index in [-0.39, 0.29) is 10.8 Å². The first-order valence-corrected chi connectivity index (χ1v) is 10.0. The summed E-state index contributed by atoms with van der Waals surface area (Å²) in [5, 5.41) is 0. The second-order valence-electron chi connectivity index (χ2n) is 9.75. The van der Waals surface area contributed by atoms with Gasteiger partial charge in [0.1, 0.15) is 5.78 Å². The van der Waals surface area contributed by atoms with Crippen LogP contribution in [0, 0.1) is 40.4 Å². The zero-order chi connectivity index (χ0) is 17.3. The smallest absolute Gasteiger partial charge is 0.155 e. The van der Waals surface area contributed by atoms with Crippen LogP contribution in [0.25, 0.3) is 0 Å². The molecule has 7 atom stereocenters. The lowest BCUT2D eigenvalue weighted by molar-refractivity contribution is -0.130. The van der Waals surface area contributed by atoms with Crippen LogP contribution in [0.1, 0.15) is 72.6 Å². The minimum absolute atomic E-state index is 0.0710. The molecule has 0 saturated heterocycles. The van der Waals surface area contributed by atoms with Crippen LogP contribution in [-0.4, -0.2) is 11.6 Å². The molecule has 2 heteroatoms. The molecule has 3 fully saturated rings. The molecule has 3 saturated carbocycles. The molecule has 0 spiro atoms. The van der Waals surface area contributed by atoms with E-state index in [1.807, 2.05) is 13.0 Å². The Morgan fingerprint density at radius 1 is 1.08 bits per heavy atom. The lowest BCUT2D eigenvalue weighted by Crippen LogP contribution is -2.50. The number of fused-ring (bicyclic) bond motifs is 5. The molecule has 0 bridgehead atoms. The molecule has 0 aromatic rings. The average Bonchev–Trinajstić information content (AvgIpc) is 2.88. The fourth-order valence-corrected chi connectivity index (χ4v) is 7.39. The molecular weight excluding hydrogens is 296 g/mol. The molecule has 132 valence electrons. The Labute approximate surface area is 146 Å². The quantitative estimate of drug-likeness (QED) is 0.681. The van der Waals surface area contributed by atoms with Crippen molar-refractivity contribution in [1.82, 2.24) is 0 Å². The van der Waals surface area contributed by atoms with Crippen LogP contribution >= 0.6 is 0 Å². The van der Waals surface area contributed by atoms with Crippen LogP contribution in [0.2, 0.25) is 0 Å². The Morgan fingerprint density at radius 3 is 2.50 bits per heavy atom. The van der Waals surface area contributed by atoms with Gasteiger partial charge >= 0.3 is 0 Å². The van der Waals surface area contributed by atoms with Crippen molar-refractivity contribution in [3.8, 4) is 0 Å². The molecule has 0 radical (unpaired) electrons. The molecule has 1 unspecified atom stereocenters. The van der Waals surface area contributed by atoms with E-state index in [4.69, 9.17) is 0 Å². The largest absolute Gasteiger partial charge is 0.299 e. The summed E-state index contributed by atoms with van der Waals surface area (Å²) in [6.07, 6.45) is 9.81. The lowest BCUT2D eigenvalue weighted by Gasteiger charge is -2.57. The van der Waals surface area contributed by atoms with Crippen molar-refractivity contribution in [2.24, 2.45) is 40.4 Å². The van der Waals surface area contributed by atoms with Crippen molar-refractivity contribution in [2.45, 2.75) is 72.6 Å². The van der Waals surface area contributed by atoms with Crippen molar-refractivity contribution < 1.29 is 9.59 Å². The number of rotatable bonds is 1. The molecular formula is C22H32O2. The highest BCUT2D eigenvalue weighted by Gasteiger charge is 2.59. The maximum atomic E-state index is 12.3. The predicted octanol–water partition coefficient (Wildman–Crippen LogP) is 4.97. The van der Waals surface area contributed by atoms with Crippen LogP contribution < -0.4 is 0 Å².